The van der Waals surface area contributed by atoms with Crippen molar-refractivity contribution < 1.29 is 23.9 Å². The first-order chi connectivity index (χ1) is 18.0. The topological polar surface area (TPSA) is 76.2 Å². The zero-order valence-corrected chi connectivity index (χ0v) is 23.7. The zero-order valence-electron chi connectivity index (χ0n) is 19.9. The number of hydrogen-bond acceptors (Lipinski definition) is 5. The fraction of sp³-hybridized carbons (Fsp3) is 0.192. The number of benzene rings is 3. The predicted octanol–water partition coefficient (Wildman–Crippen LogP) is 7.03. The number of methoxy groups -OCH3 is 2. The van der Waals surface area contributed by atoms with Gasteiger partial charge < -0.3 is 14.4 Å². The lowest BCUT2D eigenvalue weighted by molar-refractivity contribution is -0.130. The van der Waals surface area contributed by atoms with E-state index >= 15 is 0 Å². The van der Waals surface area contributed by atoms with Crippen LogP contribution in [-0.4, -0.2) is 42.9 Å². The number of fused-ring (bicyclic) bond motifs is 1. The van der Waals surface area contributed by atoms with Crippen LogP contribution in [0.2, 0.25) is 25.1 Å². The number of nitrogens with zero attached hydrogens (tertiary/aromatic N) is 2. The summed E-state index contributed by atoms with van der Waals surface area (Å²) in [5, 5.41) is -0.296. The Labute approximate surface area is 242 Å². The summed E-state index contributed by atoms with van der Waals surface area (Å²) in [4.78, 5) is 43.2. The molecule has 2 heterocycles. The number of imide groups is 1. The number of amides is 3. The van der Waals surface area contributed by atoms with E-state index in [0.717, 1.165) is 10.5 Å². The van der Waals surface area contributed by atoms with Gasteiger partial charge in [0.2, 0.25) is 0 Å². The number of β-lactam (4-membered cyclic amide) rings is 1. The third-order valence-corrected chi connectivity index (χ3v) is 8.87. The maximum Gasteiger partial charge on any atom is 0.264 e. The Morgan fingerprint density at radius 2 is 1.26 bits per heavy atom. The van der Waals surface area contributed by atoms with Crippen LogP contribution in [0.5, 0.6) is 11.5 Å². The van der Waals surface area contributed by atoms with Crippen molar-refractivity contribution in [2.24, 2.45) is 0 Å². The maximum atomic E-state index is 13.7. The Bertz CT molecular complexity index is 1510. The van der Waals surface area contributed by atoms with Gasteiger partial charge in [0, 0.05) is 10.7 Å². The summed E-state index contributed by atoms with van der Waals surface area (Å²) in [6.45, 7) is 1.83. The van der Waals surface area contributed by atoms with Crippen LogP contribution in [-0.2, 0) is 4.79 Å². The van der Waals surface area contributed by atoms with Crippen LogP contribution < -0.4 is 14.4 Å². The summed E-state index contributed by atoms with van der Waals surface area (Å²) in [7, 11) is 2.97. The molecule has 0 N–H and O–H groups in total. The molecule has 12 heteroatoms. The number of carbonyl (C=O) groups is 3. The van der Waals surface area contributed by atoms with Crippen molar-refractivity contribution in [2.45, 2.75) is 19.0 Å². The van der Waals surface area contributed by atoms with Crippen LogP contribution in [0, 0.1) is 6.92 Å². The molecule has 0 bridgehead atoms. The fourth-order valence-electron chi connectivity index (χ4n) is 4.73. The number of hydrogen-bond donors (Lipinski definition) is 0. The highest BCUT2D eigenvalue weighted by Crippen LogP contribution is 2.50. The third-order valence-electron chi connectivity index (χ3n) is 6.66. The van der Waals surface area contributed by atoms with Gasteiger partial charge >= 0.3 is 0 Å². The molecule has 0 saturated carbocycles. The molecule has 0 spiro atoms. The van der Waals surface area contributed by atoms with Crippen molar-refractivity contribution in [3.05, 3.63) is 83.8 Å². The van der Waals surface area contributed by atoms with Crippen LogP contribution in [0.4, 0.5) is 5.69 Å². The van der Waals surface area contributed by atoms with Crippen molar-refractivity contribution in [2.75, 3.05) is 19.1 Å². The van der Waals surface area contributed by atoms with E-state index < -0.39 is 29.8 Å². The summed E-state index contributed by atoms with van der Waals surface area (Å²) in [6, 6.07) is 8.20. The number of aryl methyl sites for hydroxylation is 1. The molecule has 2 aliphatic rings. The van der Waals surface area contributed by atoms with Gasteiger partial charge in [-0.2, -0.15) is 0 Å². The van der Waals surface area contributed by atoms with E-state index in [1.807, 2.05) is 6.92 Å². The standard InChI is InChI=1S/C26H17Cl5N2O5/c1-10-4-6-12(9-13(10)27)32-22(11-5-7-14(37-2)15(8-11)38-3)23(26(32)36)33-24(34)16-17(25(33)35)19(29)21(31)20(30)18(16)28/h4-9,22-23H,1-3H3/t22-,23+/m0/s1. The lowest BCUT2D eigenvalue weighted by atomic mass is 9.86. The summed E-state index contributed by atoms with van der Waals surface area (Å²) >= 11 is 31.3. The van der Waals surface area contributed by atoms with Gasteiger partial charge in [0.1, 0.15) is 6.04 Å². The molecule has 2 atom stereocenters. The second-order valence-electron chi connectivity index (χ2n) is 8.63. The van der Waals surface area contributed by atoms with Crippen molar-refractivity contribution in [1.29, 1.82) is 0 Å². The smallest absolute Gasteiger partial charge is 0.264 e. The molecule has 196 valence electrons. The molecule has 3 amide bonds. The van der Waals surface area contributed by atoms with Crippen LogP contribution >= 0.6 is 58.0 Å². The number of halogens is 5. The summed E-state index contributed by atoms with van der Waals surface area (Å²) in [6.07, 6.45) is 0. The van der Waals surface area contributed by atoms with Gasteiger partial charge in [0.15, 0.2) is 11.5 Å². The Morgan fingerprint density at radius 1 is 0.684 bits per heavy atom. The maximum absolute atomic E-state index is 13.7. The average Bonchev–Trinajstić information content (AvgIpc) is 3.16. The summed E-state index contributed by atoms with van der Waals surface area (Å²) in [5.74, 6) is -1.26. The Morgan fingerprint density at radius 3 is 1.79 bits per heavy atom. The van der Waals surface area contributed by atoms with Crippen molar-refractivity contribution >= 4 is 81.4 Å². The van der Waals surface area contributed by atoms with Crippen LogP contribution in [0.3, 0.4) is 0 Å². The Kier molecular flexibility index (Phi) is 6.95. The quantitative estimate of drug-likeness (QED) is 0.134. The molecule has 38 heavy (non-hydrogen) atoms. The van der Waals surface area contributed by atoms with Gasteiger partial charge in [0.05, 0.1) is 51.5 Å². The lowest BCUT2D eigenvalue weighted by Crippen LogP contribution is -2.67. The van der Waals surface area contributed by atoms with Gasteiger partial charge in [0.25, 0.3) is 17.7 Å². The Balaban J connectivity index is 1.66. The van der Waals surface area contributed by atoms with Crippen molar-refractivity contribution in [3.8, 4) is 11.5 Å². The first-order valence-electron chi connectivity index (χ1n) is 11.1. The molecule has 0 radical (unpaired) electrons. The van der Waals surface area contributed by atoms with E-state index in [1.54, 1.807) is 36.4 Å². The fourth-order valence-corrected chi connectivity index (χ4v) is 5.92. The van der Waals surface area contributed by atoms with Gasteiger partial charge in [-0.3, -0.25) is 19.3 Å². The molecule has 5 rings (SSSR count). The van der Waals surface area contributed by atoms with Gasteiger partial charge in [-0.15, -0.1) is 0 Å². The minimum absolute atomic E-state index is 0.160. The molecule has 3 aromatic carbocycles. The number of carbonyl (C=O) groups excluding carboxylic acids is 3. The second kappa shape index (κ2) is 9.81. The monoisotopic (exact) mass is 612 g/mol. The molecular formula is C26H17Cl5N2O5. The van der Waals surface area contributed by atoms with Crippen LogP contribution in [0.25, 0.3) is 0 Å². The molecule has 1 saturated heterocycles. The highest BCUT2D eigenvalue weighted by Gasteiger charge is 2.58. The molecule has 3 aromatic rings. The van der Waals surface area contributed by atoms with Gasteiger partial charge in [-0.1, -0.05) is 70.1 Å². The van der Waals surface area contributed by atoms with Crippen LogP contribution in [0.15, 0.2) is 36.4 Å². The highest BCUT2D eigenvalue weighted by atomic mass is 35.5. The second-order valence-corrected chi connectivity index (χ2v) is 10.6. The van der Waals surface area contributed by atoms with E-state index in [0.29, 0.717) is 27.8 Å². The summed E-state index contributed by atoms with van der Waals surface area (Å²) in [5.41, 5.74) is 1.48. The first-order valence-corrected chi connectivity index (χ1v) is 13.0. The predicted molar refractivity (Wildman–Crippen MR) is 147 cm³/mol. The molecule has 0 unspecified atom stereocenters. The Hall–Kier alpha value is -2.68. The zero-order chi connectivity index (χ0) is 27.6. The molecule has 0 aromatic heterocycles. The van der Waals surface area contributed by atoms with E-state index in [2.05, 4.69) is 0 Å². The van der Waals surface area contributed by atoms with E-state index in [-0.39, 0.29) is 31.2 Å². The normalized spacial score (nSPS) is 18.6. The molecule has 0 aliphatic carbocycles. The first kappa shape index (κ1) is 26.9. The number of anilines is 1. The van der Waals surface area contributed by atoms with Crippen molar-refractivity contribution in [3.63, 3.8) is 0 Å². The summed E-state index contributed by atoms with van der Waals surface area (Å²) < 4.78 is 10.8. The van der Waals surface area contributed by atoms with E-state index in [4.69, 9.17) is 67.5 Å². The lowest BCUT2D eigenvalue weighted by Gasteiger charge is -2.49. The molecule has 7 nitrogen and oxygen atoms in total. The average molecular weight is 615 g/mol. The van der Waals surface area contributed by atoms with Crippen molar-refractivity contribution in [1.82, 2.24) is 4.90 Å². The number of rotatable bonds is 5. The largest absolute Gasteiger partial charge is 0.493 e. The SMILES string of the molecule is COc1ccc([C@H]2[C@@H](N3C(=O)c4c(Cl)c(Cl)c(Cl)c(Cl)c4C3=O)C(=O)N2c2ccc(C)c(Cl)c2)cc1OC. The van der Waals surface area contributed by atoms with Crippen LogP contribution in [0.1, 0.15) is 37.9 Å². The van der Waals surface area contributed by atoms with Gasteiger partial charge in [-0.25, -0.2) is 0 Å². The molecular weight excluding hydrogens is 598 g/mol. The van der Waals surface area contributed by atoms with Gasteiger partial charge in [-0.05, 0) is 42.3 Å². The highest BCUT2D eigenvalue weighted by molar-refractivity contribution is 6.55. The van der Waals surface area contributed by atoms with E-state index in [9.17, 15) is 14.4 Å². The number of ether oxygens (including phenoxy) is 2. The minimum Gasteiger partial charge on any atom is -0.493 e. The molecule has 1 fully saturated rings. The minimum atomic E-state index is -1.23. The van der Waals surface area contributed by atoms with E-state index in [1.165, 1.54) is 19.1 Å². The third kappa shape index (κ3) is 3.83. The molecule has 2 aliphatic heterocycles.